The number of rotatable bonds is 6. The molecule has 1 aromatic heterocycles. The van der Waals surface area contributed by atoms with Gasteiger partial charge in [0.15, 0.2) is 0 Å². The maximum atomic E-state index is 6.25. The Labute approximate surface area is 129 Å². The van der Waals surface area contributed by atoms with Crippen LogP contribution in [0.4, 0.5) is 0 Å². The topological polar surface area (TPSA) is 29.9 Å². The van der Waals surface area contributed by atoms with E-state index in [4.69, 9.17) is 23.2 Å². The fourth-order valence-electron chi connectivity index (χ4n) is 2.29. The van der Waals surface area contributed by atoms with Crippen molar-refractivity contribution in [3.05, 3.63) is 52.0 Å². The van der Waals surface area contributed by atoms with Crippen LogP contribution >= 0.6 is 23.2 Å². The van der Waals surface area contributed by atoms with E-state index in [1.807, 2.05) is 42.2 Å². The molecule has 0 radical (unpaired) electrons. The standard InChI is InChI=1S/C15H19Cl2N3/c1-3-18-11(10-15-19-7-8-20(15)2)9-12-13(16)5-4-6-14(12)17/h4-8,11,18H,3,9-10H2,1-2H3. The molecule has 2 rings (SSSR count). The van der Waals surface area contributed by atoms with Gasteiger partial charge in [0, 0.05) is 41.9 Å². The summed E-state index contributed by atoms with van der Waals surface area (Å²) in [6.07, 6.45) is 5.42. The smallest absolute Gasteiger partial charge is 0.109 e. The molecule has 0 saturated carbocycles. The first-order valence-electron chi connectivity index (χ1n) is 6.74. The lowest BCUT2D eigenvalue weighted by Gasteiger charge is -2.19. The average molecular weight is 312 g/mol. The van der Waals surface area contributed by atoms with Crippen molar-refractivity contribution in [2.45, 2.75) is 25.8 Å². The number of imidazole rings is 1. The largest absolute Gasteiger partial charge is 0.338 e. The summed E-state index contributed by atoms with van der Waals surface area (Å²) in [5.41, 5.74) is 0.996. The number of hydrogen-bond acceptors (Lipinski definition) is 2. The maximum Gasteiger partial charge on any atom is 0.109 e. The van der Waals surface area contributed by atoms with Gasteiger partial charge in [-0.3, -0.25) is 0 Å². The molecule has 2 aromatic rings. The molecule has 0 amide bonds. The zero-order valence-electron chi connectivity index (χ0n) is 11.7. The van der Waals surface area contributed by atoms with Gasteiger partial charge in [-0.25, -0.2) is 4.98 Å². The van der Waals surface area contributed by atoms with E-state index in [1.165, 1.54) is 0 Å². The van der Waals surface area contributed by atoms with Gasteiger partial charge in [-0.15, -0.1) is 0 Å². The van der Waals surface area contributed by atoms with Crippen LogP contribution in [0.5, 0.6) is 0 Å². The Morgan fingerprint density at radius 1 is 1.25 bits per heavy atom. The second-order valence-electron chi connectivity index (χ2n) is 4.82. The Bertz CT molecular complexity index is 546. The summed E-state index contributed by atoms with van der Waals surface area (Å²) in [6.45, 7) is 3.00. The van der Waals surface area contributed by atoms with Gasteiger partial charge in [-0.2, -0.15) is 0 Å². The van der Waals surface area contributed by atoms with E-state index in [0.717, 1.165) is 40.8 Å². The maximum absolute atomic E-state index is 6.25. The van der Waals surface area contributed by atoms with Crippen LogP contribution < -0.4 is 5.32 Å². The SMILES string of the molecule is CCNC(Cc1c(Cl)cccc1Cl)Cc1nccn1C. The van der Waals surface area contributed by atoms with Crippen molar-refractivity contribution < 1.29 is 0 Å². The Morgan fingerprint density at radius 3 is 2.50 bits per heavy atom. The predicted molar refractivity (Wildman–Crippen MR) is 84.5 cm³/mol. The van der Waals surface area contributed by atoms with Gasteiger partial charge in [0.25, 0.3) is 0 Å². The molecule has 0 aliphatic heterocycles. The Balaban J connectivity index is 2.15. The summed E-state index contributed by atoms with van der Waals surface area (Å²) in [7, 11) is 2.01. The summed E-state index contributed by atoms with van der Waals surface area (Å²) >= 11 is 12.5. The Hall–Kier alpha value is -1.03. The highest BCUT2D eigenvalue weighted by molar-refractivity contribution is 6.36. The zero-order valence-corrected chi connectivity index (χ0v) is 13.2. The minimum Gasteiger partial charge on any atom is -0.338 e. The number of nitrogens with one attached hydrogen (secondary N) is 1. The monoisotopic (exact) mass is 311 g/mol. The number of halogens is 2. The highest BCUT2D eigenvalue weighted by Crippen LogP contribution is 2.26. The van der Waals surface area contributed by atoms with Gasteiger partial charge >= 0.3 is 0 Å². The molecular formula is C15H19Cl2N3. The van der Waals surface area contributed by atoms with E-state index in [2.05, 4.69) is 17.2 Å². The first kappa shape index (κ1) is 15.4. The summed E-state index contributed by atoms with van der Waals surface area (Å²) in [4.78, 5) is 4.38. The van der Waals surface area contributed by atoms with E-state index < -0.39 is 0 Å². The first-order chi connectivity index (χ1) is 9.61. The summed E-state index contributed by atoms with van der Waals surface area (Å²) in [5, 5.41) is 4.93. The van der Waals surface area contributed by atoms with E-state index in [9.17, 15) is 0 Å². The third kappa shape index (κ3) is 3.75. The van der Waals surface area contributed by atoms with Gasteiger partial charge in [0.1, 0.15) is 5.82 Å². The highest BCUT2D eigenvalue weighted by Gasteiger charge is 2.15. The normalized spacial score (nSPS) is 12.6. The molecule has 20 heavy (non-hydrogen) atoms. The number of aryl methyl sites for hydroxylation is 1. The van der Waals surface area contributed by atoms with Crippen molar-refractivity contribution in [2.75, 3.05) is 6.54 Å². The Morgan fingerprint density at radius 2 is 1.95 bits per heavy atom. The van der Waals surface area contributed by atoms with Crippen molar-refractivity contribution in [1.29, 1.82) is 0 Å². The predicted octanol–water partition coefficient (Wildman–Crippen LogP) is 3.49. The van der Waals surface area contributed by atoms with Crippen molar-refractivity contribution in [3.8, 4) is 0 Å². The van der Waals surface area contributed by atoms with Gasteiger partial charge < -0.3 is 9.88 Å². The number of aromatic nitrogens is 2. The van der Waals surface area contributed by atoms with Gasteiger partial charge in [-0.05, 0) is 30.7 Å². The third-order valence-corrected chi connectivity index (χ3v) is 4.06. The van der Waals surface area contributed by atoms with Gasteiger partial charge in [-0.1, -0.05) is 36.2 Å². The molecule has 1 N–H and O–H groups in total. The van der Waals surface area contributed by atoms with Crippen LogP contribution in [0.1, 0.15) is 18.3 Å². The van der Waals surface area contributed by atoms with Crippen LogP contribution in [0.15, 0.2) is 30.6 Å². The van der Waals surface area contributed by atoms with E-state index in [1.54, 1.807) is 0 Å². The van der Waals surface area contributed by atoms with E-state index >= 15 is 0 Å². The third-order valence-electron chi connectivity index (χ3n) is 3.35. The van der Waals surface area contributed by atoms with Crippen LogP contribution in [0, 0.1) is 0 Å². The summed E-state index contributed by atoms with van der Waals surface area (Å²) in [6, 6.07) is 5.90. The Kier molecular flexibility index (Phi) is 5.46. The first-order valence-corrected chi connectivity index (χ1v) is 7.50. The minimum atomic E-state index is 0.262. The molecule has 5 heteroatoms. The molecule has 0 saturated heterocycles. The summed E-state index contributed by atoms with van der Waals surface area (Å²) < 4.78 is 2.04. The van der Waals surface area contributed by atoms with Crippen LogP contribution in [0.2, 0.25) is 10.0 Å². The van der Waals surface area contributed by atoms with Crippen molar-refractivity contribution in [1.82, 2.24) is 14.9 Å². The molecule has 1 atom stereocenters. The number of likely N-dealkylation sites (N-methyl/N-ethyl adjacent to an activating group) is 1. The molecule has 108 valence electrons. The molecular weight excluding hydrogens is 293 g/mol. The zero-order chi connectivity index (χ0) is 14.5. The number of benzene rings is 1. The van der Waals surface area contributed by atoms with Gasteiger partial charge in [0.2, 0.25) is 0 Å². The molecule has 3 nitrogen and oxygen atoms in total. The molecule has 0 aliphatic carbocycles. The molecule has 0 bridgehead atoms. The molecule has 1 aromatic carbocycles. The fourth-order valence-corrected chi connectivity index (χ4v) is 2.84. The number of hydrogen-bond donors (Lipinski definition) is 1. The van der Waals surface area contributed by atoms with Crippen molar-refractivity contribution >= 4 is 23.2 Å². The molecule has 0 aliphatic rings. The van der Waals surface area contributed by atoms with Crippen LogP contribution in [0.25, 0.3) is 0 Å². The highest BCUT2D eigenvalue weighted by atomic mass is 35.5. The van der Waals surface area contributed by atoms with Crippen LogP contribution in [0.3, 0.4) is 0 Å². The van der Waals surface area contributed by atoms with E-state index in [0.29, 0.717) is 0 Å². The lowest BCUT2D eigenvalue weighted by atomic mass is 10.0. The second kappa shape index (κ2) is 7.11. The number of nitrogens with zero attached hydrogens (tertiary/aromatic N) is 2. The minimum absolute atomic E-state index is 0.262. The molecule has 1 unspecified atom stereocenters. The van der Waals surface area contributed by atoms with Gasteiger partial charge in [0.05, 0.1) is 0 Å². The van der Waals surface area contributed by atoms with Crippen LogP contribution in [-0.4, -0.2) is 22.1 Å². The fraction of sp³-hybridized carbons (Fsp3) is 0.400. The molecule has 0 fully saturated rings. The van der Waals surface area contributed by atoms with Crippen molar-refractivity contribution in [3.63, 3.8) is 0 Å². The molecule has 0 spiro atoms. The lowest BCUT2D eigenvalue weighted by molar-refractivity contribution is 0.504. The molecule has 1 heterocycles. The van der Waals surface area contributed by atoms with E-state index in [-0.39, 0.29) is 6.04 Å². The average Bonchev–Trinajstić information content (AvgIpc) is 2.80. The van der Waals surface area contributed by atoms with Crippen molar-refractivity contribution in [2.24, 2.45) is 7.05 Å². The van der Waals surface area contributed by atoms with Crippen LogP contribution in [-0.2, 0) is 19.9 Å². The summed E-state index contributed by atoms with van der Waals surface area (Å²) in [5.74, 6) is 1.05. The lowest BCUT2D eigenvalue weighted by Crippen LogP contribution is -2.34. The quantitative estimate of drug-likeness (QED) is 0.885. The second-order valence-corrected chi connectivity index (χ2v) is 5.63.